The van der Waals surface area contributed by atoms with Crippen molar-refractivity contribution in [2.45, 2.75) is 52.2 Å². The molecule has 2 atom stereocenters. The topological polar surface area (TPSA) is 59.6 Å². The standard InChI is InChI=1S/C14H28N2O3/c1-11(16-13(17)19-14(2,3)4)8-15-9-12-6-5-7-18-10-12/h11-12,15H,5-10H2,1-4H3,(H,16,17). The maximum absolute atomic E-state index is 11.6. The Morgan fingerprint density at radius 1 is 1.47 bits per heavy atom. The number of ether oxygens (including phenoxy) is 2. The van der Waals surface area contributed by atoms with E-state index in [2.05, 4.69) is 10.6 Å². The molecule has 2 N–H and O–H groups in total. The van der Waals surface area contributed by atoms with E-state index in [1.807, 2.05) is 27.7 Å². The van der Waals surface area contributed by atoms with E-state index in [9.17, 15) is 4.79 Å². The normalized spacial score (nSPS) is 21.8. The lowest BCUT2D eigenvalue weighted by Gasteiger charge is -2.24. The van der Waals surface area contributed by atoms with Crippen LogP contribution in [0.1, 0.15) is 40.5 Å². The molecule has 0 spiro atoms. The summed E-state index contributed by atoms with van der Waals surface area (Å²) >= 11 is 0. The Morgan fingerprint density at radius 2 is 2.21 bits per heavy atom. The third-order valence-electron chi connectivity index (χ3n) is 2.90. The monoisotopic (exact) mass is 272 g/mol. The SMILES string of the molecule is CC(CNCC1CCCOC1)NC(=O)OC(C)(C)C. The lowest BCUT2D eigenvalue weighted by Crippen LogP contribution is -2.43. The van der Waals surface area contributed by atoms with E-state index in [0.717, 1.165) is 32.7 Å². The summed E-state index contributed by atoms with van der Waals surface area (Å²) in [6, 6.07) is 0.0550. The summed E-state index contributed by atoms with van der Waals surface area (Å²) < 4.78 is 10.6. The van der Waals surface area contributed by atoms with Gasteiger partial charge in [0.2, 0.25) is 0 Å². The molecule has 1 fully saturated rings. The molecule has 112 valence electrons. The van der Waals surface area contributed by atoms with Crippen molar-refractivity contribution < 1.29 is 14.3 Å². The van der Waals surface area contributed by atoms with Gasteiger partial charge in [0.15, 0.2) is 0 Å². The van der Waals surface area contributed by atoms with Crippen molar-refractivity contribution in [2.24, 2.45) is 5.92 Å². The van der Waals surface area contributed by atoms with Crippen LogP contribution in [0.15, 0.2) is 0 Å². The summed E-state index contributed by atoms with van der Waals surface area (Å²) in [5, 5.41) is 6.19. The molecule has 0 aliphatic carbocycles. The quantitative estimate of drug-likeness (QED) is 0.802. The van der Waals surface area contributed by atoms with E-state index >= 15 is 0 Å². The lowest BCUT2D eigenvalue weighted by atomic mass is 10.0. The van der Waals surface area contributed by atoms with Gasteiger partial charge < -0.3 is 20.1 Å². The molecule has 1 rings (SSSR count). The fourth-order valence-electron chi connectivity index (χ4n) is 2.03. The first-order chi connectivity index (χ1) is 8.87. The van der Waals surface area contributed by atoms with Gasteiger partial charge in [-0.3, -0.25) is 0 Å². The van der Waals surface area contributed by atoms with Crippen molar-refractivity contribution in [3.05, 3.63) is 0 Å². The van der Waals surface area contributed by atoms with Crippen LogP contribution in [0.25, 0.3) is 0 Å². The van der Waals surface area contributed by atoms with Crippen LogP contribution in [-0.2, 0) is 9.47 Å². The summed E-state index contributed by atoms with van der Waals surface area (Å²) in [5.41, 5.74) is -0.448. The molecule has 1 aliphatic heterocycles. The van der Waals surface area contributed by atoms with Crippen LogP contribution < -0.4 is 10.6 Å². The van der Waals surface area contributed by atoms with Crippen LogP contribution >= 0.6 is 0 Å². The maximum atomic E-state index is 11.6. The molecule has 0 radical (unpaired) electrons. The number of rotatable bonds is 5. The van der Waals surface area contributed by atoms with Gasteiger partial charge in [0, 0.05) is 25.7 Å². The highest BCUT2D eigenvalue weighted by atomic mass is 16.6. The number of amides is 1. The Hall–Kier alpha value is -0.810. The number of hydrogen-bond donors (Lipinski definition) is 2. The molecule has 5 heteroatoms. The summed E-state index contributed by atoms with van der Waals surface area (Å²) in [7, 11) is 0. The lowest BCUT2D eigenvalue weighted by molar-refractivity contribution is 0.0495. The summed E-state index contributed by atoms with van der Waals surface area (Å²) in [5.74, 6) is 0.600. The second-order valence-corrected chi connectivity index (χ2v) is 6.29. The van der Waals surface area contributed by atoms with Crippen molar-refractivity contribution >= 4 is 6.09 Å². The smallest absolute Gasteiger partial charge is 0.407 e. The fraction of sp³-hybridized carbons (Fsp3) is 0.929. The van der Waals surface area contributed by atoms with Crippen molar-refractivity contribution in [3.8, 4) is 0 Å². The molecule has 0 aromatic rings. The van der Waals surface area contributed by atoms with E-state index in [4.69, 9.17) is 9.47 Å². The van der Waals surface area contributed by atoms with E-state index in [1.165, 1.54) is 6.42 Å². The van der Waals surface area contributed by atoms with Gasteiger partial charge in [-0.15, -0.1) is 0 Å². The van der Waals surface area contributed by atoms with Crippen molar-refractivity contribution in [1.29, 1.82) is 0 Å². The molecule has 2 unspecified atom stereocenters. The van der Waals surface area contributed by atoms with Gasteiger partial charge in [-0.25, -0.2) is 4.79 Å². The Bertz CT molecular complexity index is 270. The summed E-state index contributed by atoms with van der Waals surface area (Å²) in [4.78, 5) is 11.6. The second kappa shape index (κ2) is 7.70. The molecule has 5 nitrogen and oxygen atoms in total. The zero-order chi connectivity index (χ0) is 14.3. The molecule has 0 saturated carbocycles. The Kier molecular flexibility index (Phi) is 6.58. The average molecular weight is 272 g/mol. The van der Waals surface area contributed by atoms with Gasteiger partial charge in [-0.2, -0.15) is 0 Å². The Labute approximate surface area is 116 Å². The zero-order valence-corrected chi connectivity index (χ0v) is 12.6. The van der Waals surface area contributed by atoms with Gasteiger partial charge in [0.1, 0.15) is 5.60 Å². The number of carbonyl (C=O) groups is 1. The molecular formula is C14H28N2O3. The molecule has 0 aromatic carbocycles. The van der Waals surface area contributed by atoms with Gasteiger partial charge >= 0.3 is 6.09 Å². The third kappa shape index (κ3) is 8.06. The Balaban J connectivity index is 2.10. The number of hydrogen-bond acceptors (Lipinski definition) is 4. The molecule has 1 aliphatic rings. The van der Waals surface area contributed by atoms with Gasteiger partial charge in [0.25, 0.3) is 0 Å². The van der Waals surface area contributed by atoms with Crippen LogP contribution in [0.3, 0.4) is 0 Å². The van der Waals surface area contributed by atoms with E-state index in [1.54, 1.807) is 0 Å². The molecule has 0 bridgehead atoms. The minimum absolute atomic E-state index is 0.0550. The van der Waals surface area contributed by atoms with Crippen molar-refractivity contribution in [3.63, 3.8) is 0 Å². The highest BCUT2D eigenvalue weighted by Gasteiger charge is 2.18. The first-order valence-electron chi connectivity index (χ1n) is 7.15. The molecular weight excluding hydrogens is 244 g/mol. The second-order valence-electron chi connectivity index (χ2n) is 6.29. The van der Waals surface area contributed by atoms with Crippen LogP contribution in [0.2, 0.25) is 0 Å². The maximum Gasteiger partial charge on any atom is 0.407 e. The van der Waals surface area contributed by atoms with Crippen molar-refractivity contribution in [2.75, 3.05) is 26.3 Å². The van der Waals surface area contributed by atoms with E-state index < -0.39 is 5.60 Å². The summed E-state index contributed by atoms with van der Waals surface area (Å²) in [6.45, 7) is 11.0. The molecule has 1 saturated heterocycles. The highest BCUT2D eigenvalue weighted by molar-refractivity contribution is 5.68. The molecule has 1 amide bonds. The first-order valence-corrected chi connectivity index (χ1v) is 7.15. The average Bonchev–Trinajstić information content (AvgIpc) is 2.27. The van der Waals surface area contributed by atoms with Crippen LogP contribution in [0.4, 0.5) is 4.79 Å². The van der Waals surface area contributed by atoms with Crippen LogP contribution in [0, 0.1) is 5.92 Å². The summed E-state index contributed by atoms with van der Waals surface area (Å²) in [6.07, 6.45) is 2.02. The van der Waals surface area contributed by atoms with Crippen LogP contribution in [-0.4, -0.2) is 44.0 Å². The number of carbonyl (C=O) groups excluding carboxylic acids is 1. The highest BCUT2D eigenvalue weighted by Crippen LogP contribution is 2.12. The molecule has 0 aromatic heterocycles. The van der Waals surface area contributed by atoms with E-state index in [0.29, 0.717) is 5.92 Å². The number of nitrogens with one attached hydrogen (secondary N) is 2. The minimum atomic E-state index is -0.448. The fourth-order valence-corrected chi connectivity index (χ4v) is 2.03. The largest absolute Gasteiger partial charge is 0.444 e. The minimum Gasteiger partial charge on any atom is -0.444 e. The molecule has 1 heterocycles. The Morgan fingerprint density at radius 3 is 2.79 bits per heavy atom. The van der Waals surface area contributed by atoms with E-state index in [-0.39, 0.29) is 12.1 Å². The predicted octanol–water partition coefficient (Wildman–Crippen LogP) is 1.92. The number of alkyl carbamates (subject to hydrolysis) is 1. The van der Waals surface area contributed by atoms with Crippen molar-refractivity contribution in [1.82, 2.24) is 10.6 Å². The van der Waals surface area contributed by atoms with Gasteiger partial charge in [-0.1, -0.05) is 0 Å². The van der Waals surface area contributed by atoms with Gasteiger partial charge in [0.05, 0.1) is 6.61 Å². The first kappa shape index (κ1) is 16.2. The van der Waals surface area contributed by atoms with Gasteiger partial charge in [-0.05, 0) is 46.5 Å². The predicted molar refractivity (Wildman–Crippen MR) is 75.2 cm³/mol. The van der Waals surface area contributed by atoms with Crippen LogP contribution in [0.5, 0.6) is 0 Å². The molecule has 19 heavy (non-hydrogen) atoms. The third-order valence-corrected chi connectivity index (χ3v) is 2.90. The zero-order valence-electron chi connectivity index (χ0n) is 12.6.